The van der Waals surface area contributed by atoms with E-state index in [1.54, 1.807) is 0 Å². The van der Waals surface area contributed by atoms with Gasteiger partial charge in [0, 0.05) is 6.42 Å². The molecule has 0 radical (unpaired) electrons. The number of aliphatic hydroxyl groups excluding tert-OH is 1. The Morgan fingerprint density at radius 1 is 0.886 bits per heavy atom. The fourth-order valence-corrected chi connectivity index (χ4v) is 3.53. The third-order valence-electron chi connectivity index (χ3n) is 4.90. The van der Waals surface area contributed by atoms with Crippen LogP contribution in [0.15, 0.2) is 36.5 Å². The second-order valence-electron chi connectivity index (χ2n) is 9.58. The zero-order chi connectivity index (χ0) is 26.4. The molecule has 0 bridgehead atoms. The number of allylic oxidation sites excluding steroid dienone is 6. The van der Waals surface area contributed by atoms with E-state index in [9.17, 15) is 19.4 Å². The lowest BCUT2D eigenvalue weighted by molar-refractivity contribution is -0.870. The minimum atomic E-state index is -4.25. The first-order valence-corrected chi connectivity index (χ1v) is 14.3. The Morgan fingerprint density at radius 3 is 2.03 bits per heavy atom. The average molecular weight is 519 g/mol. The van der Waals surface area contributed by atoms with Crippen LogP contribution in [0.5, 0.6) is 0 Å². The maximum Gasteiger partial charge on any atom is 0.472 e. The summed E-state index contributed by atoms with van der Waals surface area (Å²) >= 11 is 0. The molecule has 0 aromatic rings. The maximum atomic E-state index is 11.8. The number of phosphoric acid groups is 1. The number of quaternary nitrogens is 1. The number of unbranched alkanes of at least 4 members (excludes halogenated alkanes) is 5. The van der Waals surface area contributed by atoms with Crippen LogP contribution < -0.4 is 0 Å². The molecule has 35 heavy (non-hydrogen) atoms. The number of aliphatic hydroxyl groups is 1. The van der Waals surface area contributed by atoms with Crippen LogP contribution in [0.4, 0.5) is 0 Å². The van der Waals surface area contributed by atoms with E-state index >= 15 is 0 Å². The number of rotatable bonds is 22. The summed E-state index contributed by atoms with van der Waals surface area (Å²) in [4.78, 5) is 21.4. The summed E-state index contributed by atoms with van der Waals surface area (Å²) in [6.45, 7) is 2.04. The van der Waals surface area contributed by atoms with Crippen molar-refractivity contribution in [3.8, 4) is 0 Å². The largest absolute Gasteiger partial charge is 0.472 e. The van der Waals surface area contributed by atoms with Gasteiger partial charge in [0.15, 0.2) is 0 Å². The lowest BCUT2D eigenvalue weighted by Crippen LogP contribution is -2.37. The number of hydrogen-bond donors (Lipinski definition) is 2. The summed E-state index contributed by atoms with van der Waals surface area (Å²) in [5.74, 6) is -0.412. The number of carbonyl (C=O) groups excluding carboxylic acids is 1. The Kier molecular flexibility index (Phi) is 20.1. The standard InChI is InChI=1S/C26H48NO7P/c1-5-6-7-8-9-10-11-12-13-14-15-16-17-18-19-20-26(29)32-23-25(28)24-34-35(30,31)33-22-21-27(2,3)4/h9-10,12-13,15-16,25,28H,5-8,11,14,17-24H2,1-4H3/p+1/b10-9+,13-12+,16-15+/t25-/m1/s1. The van der Waals surface area contributed by atoms with Crippen LogP contribution in [0.3, 0.4) is 0 Å². The number of ether oxygens (including phenoxy) is 1. The van der Waals surface area contributed by atoms with Gasteiger partial charge in [0.05, 0.1) is 27.7 Å². The minimum absolute atomic E-state index is 0.0467. The smallest absolute Gasteiger partial charge is 0.463 e. The third kappa shape index (κ3) is 25.6. The van der Waals surface area contributed by atoms with E-state index in [1.165, 1.54) is 25.7 Å². The van der Waals surface area contributed by atoms with Crippen LogP contribution in [0.25, 0.3) is 0 Å². The van der Waals surface area contributed by atoms with Crippen LogP contribution >= 0.6 is 7.82 Å². The van der Waals surface area contributed by atoms with Crippen LogP contribution in [-0.2, 0) is 23.1 Å². The highest BCUT2D eigenvalue weighted by molar-refractivity contribution is 7.47. The molecule has 0 rings (SSSR count). The van der Waals surface area contributed by atoms with E-state index in [1.807, 2.05) is 21.1 Å². The molecule has 8 nitrogen and oxygen atoms in total. The molecule has 1 unspecified atom stereocenters. The van der Waals surface area contributed by atoms with Crippen molar-refractivity contribution in [2.75, 3.05) is 47.5 Å². The Hall–Kier alpha value is -1.28. The van der Waals surface area contributed by atoms with E-state index < -0.39 is 26.5 Å². The Bertz CT molecular complexity index is 671. The van der Waals surface area contributed by atoms with Gasteiger partial charge in [-0.2, -0.15) is 0 Å². The maximum absolute atomic E-state index is 11.8. The van der Waals surface area contributed by atoms with Crippen molar-refractivity contribution >= 4 is 13.8 Å². The van der Waals surface area contributed by atoms with Crippen molar-refractivity contribution in [2.45, 2.75) is 77.2 Å². The van der Waals surface area contributed by atoms with Gasteiger partial charge in [-0.3, -0.25) is 13.8 Å². The van der Waals surface area contributed by atoms with Gasteiger partial charge in [0.2, 0.25) is 0 Å². The summed E-state index contributed by atoms with van der Waals surface area (Å²) in [5, 5.41) is 9.81. The van der Waals surface area contributed by atoms with Gasteiger partial charge in [-0.05, 0) is 44.9 Å². The summed E-state index contributed by atoms with van der Waals surface area (Å²) in [6, 6.07) is 0. The van der Waals surface area contributed by atoms with Gasteiger partial charge in [-0.25, -0.2) is 4.57 Å². The van der Waals surface area contributed by atoms with Crippen LogP contribution in [-0.4, -0.2) is 74.1 Å². The lowest BCUT2D eigenvalue weighted by Gasteiger charge is -2.24. The van der Waals surface area contributed by atoms with E-state index in [2.05, 4.69) is 43.4 Å². The normalized spacial score (nSPS) is 15.3. The number of hydrogen-bond acceptors (Lipinski definition) is 6. The van der Waals surface area contributed by atoms with Crippen LogP contribution in [0.1, 0.15) is 71.1 Å². The van der Waals surface area contributed by atoms with Gasteiger partial charge >= 0.3 is 13.8 Å². The first-order valence-electron chi connectivity index (χ1n) is 12.8. The molecule has 0 amide bonds. The van der Waals surface area contributed by atoms with E-state index in [-0.39, 0.29) is 19.6 Å². The second kappa shape index (κ2) is 20.9. The summed E-state index contributed by atoms with van der Waals surface area (Å²) in [5.41, 5.74) is 0. The van der Waals surface area contributed by atoms with Crippen molar-refractivity contribution in [3.63, 3.8) is 0 Å². The van der Waals surface area contributed by atoms with E-state index in [0.29, 0.717) is 17.4 Å². The minimum Gasteiger partial charge on any atom is -0.463 e. The number of nitrogens with zero attached hydrogens (tertiary/aromatic N) is 1. The fourth-order valence-electron chi connectivity index (χ4n) is 2.78. The molecule has 0 heterocycles. The molecular weight excluding hydrogens is 469 g/mol. The van der Waals surface area contributed by atoms with Crippen molar-refractivity contribution < 1.29 is 37.6 Å². The highest BCUT2D eigenvalue weighted by atomic mass is 31.2. The second-order valence-corrected chi connectivity index (χ2v) is 11.0. The monoisotopic (exact) mass is 518 g/mol. The van der Waals surface area contributed by atoms with Crippen LogP contribution in [0, 0.1) is 0 Å². The predicted molar refractivity (Wildman–Crippen MR) is 141 cm³/mol. The van der Waals surface area contributed by atoms with Gasteiger partial charge in [-0.15, -0.1) is 0 Å². The molecule has 0 aliphatic heterocycles. The molecule has 9 heteroatoms. The number of phosphoric ester groups is 1. The fraction of sp³-hybridized carbons (Fsp3) is 0.731. The predicted octanol–water partition coefficient (Wildman–Crippen LogP) is 5.32. The van der Waals surface area contributed by atoms with Crippen molar-refractivity contribution in [2.24, 2.45) is 0 Å². The zero-order valence-corrected chi connectivity index (χ0v) is 23.2. The van der Waals surface area contributed by atoms with Crippen molar-refractivity contribution in [3.05, 3.63) is 36.5 Å². The molecule has 0 aliphatic rings. The Balaban J connectivity index is 3.73. The third-order valence-corrected chi connectivity index (χ3v) is 5.89. The molecule has 2 atom stereocenters. The molecule has 204 valence electrons. The zero-order valence-electron chi connectivity index (χ0n) is 22.3. The lowest BCUT2D eigenvalue weighted by atomic mass is 10.1. The molecule has 2 N–H and O–H groups in total. The summed E-state index contributed by atoms with van der Waals surface area (Å²) < 4.78 is 27.0. The van der Waals surface area contributed by atoms with E-state index in [4.69, 9.17) is 13.8 Å². The molecular formula is C26H49NO7P+. The first-order chi connectivity index (χ1) is 16.6. The molecule has 0 fully saturated rings. The van der Waals surface area contributed by atoms with E-state index in [0.717, 1.165) is 25.7 Å². The molecule has 0 saturated carbocycles. The van der Waals surface area contributed by atoms with Gasteiger partial charge in [0.1, 0.15) is 25.9 Å². The summed E-state index contributed by atoms with van der Waals surface area (Å²) in [6.07, 6.45) is 21.5. The number of esters is 1. The molecule has 0 aliphatic carbocycles. The topological polar surface area (TPSA) is 102 Å². The van der Waals surface area contributed by atoms with Crippen LogP contribution in [0.2, 0.25) is 0 Å². The number of carbonyl (C=O) groups is 1. The van der Waals surface area contributed by atoms with Crippen molar-refractivity contribution in [1.29, 1.82) is 0 Å². The van der Waals surface area contributed by atoms with Crippen molar-refractivity contribution in [1.82, 2.24) is 0 Å². The molecule has 0 aromatic heterocycles. The SMILES string of the molecule is CCCCC/C=C/C/C=C/C/C=C/CCCCC(=O)OC[C@@H](O)COP(=O)(O)OCC[N+](C)(C)C. The van der Waals surface area contributed by atoms with Gasteiger partial charge < -0.3 is 19.2 Å². The average Bonchev–Trinajstić information content (AvgIpc) is 2.78. The Morgan fingerprint density at radius 2 is 1.46 bits per heavy atom. The van der Waals surface area contributed by atoms with Gasteiger partial charge in [0.25, 0.3) is 0 Å². The quantitative estimate of drug-likeness (QED) is 0.0657. The highest BCUT2D eigenvalue weighted by Crippen LogP contribution is 2.43. The number of likely N-dealkylation sites (N-methyl/N-ethyl adjacent to an activating group) is 1. The molecule has 0 aromatic carbocycles. The Labute approximate surface area is 212 Å². The van der Waals surface area contributed by atoms with Gasteiger partial charge in [-0.1, -0.05) is 56.2 Å². The molecule has 0 spiro atoms. The molecule has 0 saturated heterocycles. The first kappa shape index (κ1) is 33.7. The summed E-state index contributed by atoms with van der Waals surface area (Å²) in [7, 11) is 1.53. The highest BCUT2D eigenvalue weighted by Gasteiger charge is 2.24.